The van der Waals surface area contributed by atoms with Gasteiger partial charge in [-0.2, -0.15) is 0 Å². The lowest BCUT2D eigenvalue weighted by atomic mass is 10.1. The van der Waals surface area contributed by atoms with Gasteiger partial charge in [-0.1, -0.05) is 51.9 Å². The second kappa shape index (κ2) is 11.9. The number of carbonyl (C=O) groups is 3. The molecule has 1 atom stereocenters. The van der Waals surface area contributed by atoms with Crippen molar-refractivity contribution in [3.8, 4) is 0 Å². The number of nitrogens with zero attached hydrogens (tertiary/aromatic N) is 1. The van der Waals surface area contributed by atoms with E-state index in [0.29, 0.717) is 19.7 Å². The number of hydrogen-bond donors (Lipinski definition) is 1. The monoisotopic (exact) mass is 340 g/mol. The molecule has 0 saturated carbocycles. The molecule has 1 fully saturated rings. The first-order chi connectivity index (χ1) is 11.6. The summed E-state index contributed by atoms with van der Waals surface area (Å²) in [5.41, 5.74) is 0. The Morgan fingerprint density at radius 2 is 1.75 bits per heavy atom. The maximum absolute atomic E-state index is 11.9. The molecule has 0 aromatic carbocycles. The first kappa shape index (κ1) is 20.5. The highest BCUT2D eigenvalue weighted by Crippen LogP contribution is 2.11. The predicted octanol–water partition coefficient (Wildman–Crippen LogP) is 2.41. The van der Waals surface area contributed by atoms with Crippen molar-refractivity contribution in [1.29, 1.82) is 0 Å². The second-order valence-electron chi connectivity index (χ2n) is 6.42. The smallest absolute Gasteiger partial charge is 0.308 e. The molecule has 0 aliphatic carbocycles. The molecule has 0 bridgehead atoms. The van der Waals surface area contributed by atoms with Gasteiger partial charge in [0.2, 0.25) is 11.8 Å². The lowest BCUT2D eigenvalue weighted by Gasteiger charge is -2.33. The van der Waals surface area contributed by atoms with E-state index in [2.05, 4.69) is 12.2 Å². The van der Waals surface area contributed by atoms with Crippen LogP contribution in [0.25, 0.3) is 0 Å². The van der Waals surface area contributed by atoms with E-state index in [4.69, 9.17) is 4.74 Å². The maximum atomic E-state index is 11.9. The molecule has 1 heterocycles. The third kappa shape index (κ3) is 7.79. The van der Waals surface area contributed by atoms with Crippen molar-refractivity contribution in [2.24, 2.45) is 0 Å². The Bertz CT molecular complexity index is 412. The van der Waals surface area contributed by atoms with Gasteiger partial charge in [0.25, 0.3) is 0 Å². The molecule has 2 amide bonds. The van der Waals surface area contributed by atoms with Crippen LogP contribution >= 0.6 is 0 Å². The van der Waals surface area contributed by atoms with E-state index in [-0.39, 0.29) is 18.2 Å². The minimum absolute atomic E-state index is 0.0670. The molecule has 1 aliphatic rings. The van der Waals surface area contributed by atoms with Crippen LogP contribution in [0.4, 0.5) is 0 Å². The van der Waals surface area contributed by atoms with Gasteiger partial charge < -0.3 is 15.0 Å². The van der Waals surface area contributed by atoms with Crippen molar-refractivity contribution >= 4 is 17.8 Å². The van der Waals surface area contributed by atoms with E-state index in [0.717, 1.165) is 12.8 Å². The largest absolute Gasteiger partial charge is 0.466 e. The van der Waals surface area contributed by atoms with Crippen molar-refractivity contribution in [3.05, 3.63) is 0 Å². The standard InChI is InChI=1S/C18H32N2O4/c1-3-4-5-6-7-8-9-10-13-24-17(22)14-16-18(23)19-11-12-20(16)15(2)21/h16H,3-14H2,1-2H3,(H,19,23). The first-order valence-electron chi connectivity index (χ1n) is 9.26. The molecule has 24 heavy (non-hydrogen) atoms. The minimum atomic E-state index is -0.734. The number of hydrogen-bond acceptors (Lipinski definition) is 4. The Kier molecular flexibility index (Phi) is 10.1. The number of unbranched alkanes of at least 4 members (excludes halogenated alkanes) is 7. The van der Waals surface area contributed by atoms with E-state index in [1.54, 1.807) is 0 Å². The van der Waals surface area contributed by atoms with Gasteiger partial charge in [-0.15, -0.1) is 0 Å². The van der Waals surface area contributed by atoms with Crippen LogP contribution < -0.4 is 5.32 Å². The van der Waals surface area contributed by atoms with Crippen LogP contribution in [0.5, 0.6) is 0 Å². The van der Waals surface area contributed by atoms with Crippen LogP contribution in [-0.2, 0) is 19.1 Å². The van der Waals surface area contributed by atoms with E-state index in [9.17, 15) is 14.4 Å². The third-order valence-corrected chi connectivity index (χ3v) is 4.36. The fraction of sp³-hybridized carbons (Fsp3) is 0.833. The average molecular weight is 340 g/mol. The van der Waals surface area contributed by atoms with Crippen LogP contribution in [0.2, 0.25) is 0 Å². The highest BCUT2D eigenvalue weighted by molar-refractivity contribution is 5.91. The van der Waals surface area contributed by atoms with E-state index in [1.165, 1.54) is 50.3 Å². The zero-order valence-corrected chi connectivity index (χ0v) is 15.1. The summed E-state index contributed by atoms with van der Waals surface area (Å²) < 4.78 is 5.21. The summed E-state index contributed by atoms with van der Waals surface area (Å²) in [5.74, 6) is -0.877. The van der Waals surface area contributed by atoms with Crippen LogP contribution in [0, 0.1) is 0 Å². The number of ether oxygens (including phenoxy) is 1. The molecule has 0 aromatic rings. The Morgan fingerprint density at radius 1 is 1.12 bits per heavy atom. The molecule has 6 nitrogen and oxygen atoms in total. The first-order valence-corrected chi connectivity index (χ1v) is 9.26. The SMILES string of the molecule is CCCCCCCCCCOC(=O)CC1C(=O)NCCN1C(C)=O. The van der Waals surface area contributed by atoms with Crippen molar-refractivity contribution in [2.45, 2.75) is 77.7 Å². The van der Waals surface area contributed by atoms with Crippen LogP contribution in [-0.4, -0.2) is 48.4 Å². The van der Waals surface area contributed by atoms with Gasteiger partial charge in [0.05, 0.1) is 13.0 Å². The van der Waals surface area contributed by atoms with E-state index >= 15 is 0 Å². The lowest BCUT2D eigenvalue weighted by Crippen LogP contribution is -2.57. The summed E-state index contributed by atoms with van der Waals surface area (Å²) in [6, 6.07) is -0.734. The van der Waals surface area contributed by atoms with Gasteiger partial charge in [0.1, 0.15) is 6.04 Å². The lowest BCUT2D eigenvalue weighted by molar-refractivity contribution is -0.151. The molecule has 138 valence electrons. The molecular weight excluding hydrogens is 308 g/mol. The molecule has 1 saturated heterocycles. The number of amides is 2. The number of carbonyl (C=O) groups excluding carboxylic acids is 3. The molecule has 6 heteroatoms. The topological polar surface area (TPSA) is 75.7 Å². The number of rotatable bonds is 11. The third-order valence-electron chi connectivity index (χ3n) is 4.36. The summed E-state index contributed by atoms with van der Waals surface area (Å²) in [5, 5.41) is 2.69. The summed E-state index contributed by atoms with van der Waals surface area (Å²) >= 11 is 0. The Balaban J connectivity index is 2.14. The molecule has 1 N–H and O–H groups in total. The molecule has 1 unspecified atom stereocenters. The van der Waals surface area contributed by atoms with E-state index < -0.39 is 12.0 Å². The quantitative estimate of drug-likeness (QED) is 0.463. The highest BCUT2D eigenvalue weighted by atomic mass is 16.5. The van der Waals surface area contributed by atoms with Crippen molar-refractivity contribution in [3.63, 3.8) is 0 Å². The normalized spacial score (nSPS) is 17.5. The second-order valence-corrected chi connectivity index (χ2v) is 6.42. The fourth-order valence-electron chi connectivity index (χ4n) is 2.93. The van der Waals surface area contributed by atoms with Crippen LogP contribution in [0.1, 0.15) is 71.6 Å². The molecule has 1 aliphatic heterocycles. The molecule has 0 spiro atoms. The zero-order chi connectivity index (χ0) is 17.8. The van der Waals surface area contributed by atoms with Crippen molar-refractivity contribution in [2.75, 3.05) is 19.7 Å². The maximum Gasteiger partial charge on any atom is 0.308 e. The van der Waals surface area contributed by atoms with Crippen LogP contribution in [0.15, 0.2) is 0 Å². The van der Waals surface area contributed by atoms with Gasteiger partial charge in [-0.3, -0.25) is 14.4 Å². The van der Waals surface area contributed by atoms with Gasteiger partial charge in [0.15, 0.2) is 0 Å². The number of piperazine rings is 1. The summed E-state index contributed by atoms with van der Waals surface area (Å²) in [6.07, 6.45) is 9.42. The number of nitrogens with one attached hydrogen (secondary N) is 1. The van der Waals surface area contributed by atoms with Gasteiger partial charge in [-0.05, 0) is 6.42 Å². The Morgan fingerprint density at radius 3 is 2.38 bits per heavy atom. The fourth-order valence-corrected chi connectivity index (χ4v) is 2.93. The summed E-state index contributed by atoms with van der Waals surface area (Å²) in [6.45, 7) is 4.89. The zero-order valence-electron chi connectivity index (χ0n) is 15.1. The molecule has 0 aromatic heterocycles. The predicted molar refractivity (Wildman–Crippen MR) is 92.4 cm³/mol. The Labute approximate surface area is 145 Å². The molecule has 1 rings (SSSR count). The number of esters is 1. The summed E-state index contributed by atoms with van der Waals surface area (Å²) in [4.78, 5) is 36.7. The van der Waals surface area contributed by atoms with Gasteiger partial charge >= 0.3 is 5.97 Å². The van der Waals surface area contributed by atoms with Crippen LogP contribution in [0.3, 0.4) is 0 Å². The molecular formula is C18H32N2O4. The van der Waals surface area contributed by atoms with Crippen molar-refractivity contribution in [1.82, 2.24) is 10.2 Å². The van der Waals surface area contributed by atoms with Gasteiger partial charge in [0, 0.05) is 20.0 Å². The van der Waals surface area contributed by atoms with E-state index in [1.807, 2.05) is 0 Å². The summed E-state index contributed by atoms with van der Waals surface area (Å²) in [7, 11) is 0. The Hall–Kier alpha value is -1.59. The minimum Gasteiger partial charge on any atom is -0.466 e. The average Bonchev–Trinajstić information content (AvgIpc) is 2.55. The van der Waals surface area contributed by atoms with Gasteiger partial charge in [-0.25, -0.2) is 0 Å². The molecule has 0 radical (unpaired) electrons. The highest BCUT2D eigenvalue weighted by Gasteiger charge is 2.33. The van der Waals surface area contributed by atoms with Crippen molar-refractivity contribution < 1.29 is 19.1 Å².